The highest BCUT2D eigenvalue weighted by atomic mass is 16.5. The molecule has 0 heterocycles. The molecule has 0 rings (SSSR count). The van der Waals surface area contributed by atoms with Crippen LogP contribution in [0.1, 0.15) is 46.5 Å². The Labute approximate surface area is 89.4 Å². The summed E-state index contributed by atoms with van der Waals surface area (Å²) in [5, 5.41) is 3.47. The molecule has 0 aromatic rings. The standard InChI is InChI=1S/C12H27NO/c1-11(2)13-10-12(3)8-6-5-7-9-14-4/h11-13H,5-10H2,1-4H3. The van der Waals surface area contributed by atoms with Crippen molar-refractivity contribution in [2.75, 3.05) is 20.3 Å². The average Bonchev–Trinajstić information content (AvgIpc) is 2.14. The van der Waals surface area contributed by atoms with E-state index in [1.165, 1.54) is 25.7 Å². The lowest BCUT2D eigenvalue weighted by atomic mass is 10.0. The fourth-order valence-corrected chi connectivity index (χ4v) is 1.45. The summed E-state index contributed by atoms with van der Waals surface area (Å²) in [6.07, 6.45) is 5.19. The highest BCUT2D eigenvalue weighted by Crippen LogP contribution is 2.08. The Morgan fingerprint density at radius 2 is 1.79 bits per heavy atom. The van der Waals surface area contributed by atoms with Crippen molar-refractivity contribution in [1.82, 2.24) is 5.32 Å². The van der Waals surface area contributed by atoms with Gasteiger partial charge in [0.2, 0.25) is 0 Å². The summed E-state index contributed by atoms with van der Waals surface area (Å²) in [6.45, 7) is 8.79. The molecule has 2 heteroatoms. The van der Waals surface area contributed by atoms with Gasteiger partial charge in [0.25, 0.3) is 0 Å². The molecule has 1 N–H and O–H groups in total. The van der Waals surface area contributed by atoms with Crippen LogP contribution in [0.25, 0.3) is 0 Å². The SMILES string of the molecule is COCCCCCC(C)CNC(C)C. The molecule has 0 fully saturated rings. The monoisotopic (exact) mass is 201 g/mol. The van der Waals surface area contributed by atoms with E-state index in [-0.39, 0.29) is 0 Å². The molecule has 0 saturated heterocycles. The first-order chi connectivity index (χ1) is 6.66. The van der Waals surface area contributed by atoms with Gasteiger partial charge in [-0.25, -0.2) is 0 Å². The predicted molar refractivity (Wildman–Crippen MR) is 62.6 cm³/mol. The third kappa shape index (κ3) is 10.0. The van der Waals surface area contributed by atoms with Gasteiger partial charge in [0.15, 0.2) is 0 Å². The number of unbranched alkanes of at least 4 members (excludes halogenated alkanes) is 2. The molecule has 0 spiro atoms. The molecule has 0 aliphatic rings. The minimum absolute atomic E-state index is 0.617. The lowest BCUT2D eigenvalue weighted by Gasteiger charge is -2.14. The second-order valence-corrected chi connectivity index (χ2v) is 4.51. The minimum Gasteiger partial charge on any atom is -0.385 e. The quantitative estimate of drug-likeness (QED) is 0.579. The molecule has 0 aliphatic heterocycles. The van der Waals surface area contributed by atoms with Crippen LogP contribution in [-0.2, 0) is 4.74 Å². The maximum atomic E-state index is 5.02. The van der Waals surface area contributed by atoms with Gasteiger partial charge in [-0.15, -0.1) is 0 Å². The van der Waals surface area contributed by atoms with Gasteiger partial charge in [0.05, 0.1) is 0 Å². The molecule has 0 bridgehead atoms. The number of ether oxygens (including phenoxy) is 1. The number of nitrogens with one attached hydrogen (secondary N) is 1. The van der Waals surface area contributed by atoms with Gasteiger partial charge in [-0.05, 0) is 25.3 Å². The Hall–Kier alpha value is -0.0800. The van der Waals surface area contributed by atoms with Crippen LogP contribution in [0.2, 0.25) is 0 Å². The minimum atomic E-state index is 0.617. The summed E-state index contributed by atoms with van der Waals surface area (Å²) >= 11 is 0. The van der Waals surface area contributed by atoms with Crippen molar-refractivity contribution >= 4 is 0 Å². The van der Waals surface area contributed by atoms with Crippen LogP contribution in [-0.4, -0.2) is 26.3 Å². The van der Waals surface area contributed by atoms with E-state index in [1.54, 1.807) is 7.11 Å². The van der Waals surface area contributed by atoms with E-state index in [0.717, 1.165) is 19.1 Å². The molecule has 0 aromatic carbocycles. The molecule has 14 heavy (non-hydrogen) atoms. The fourth-order valence-electron chi connectivity index (χ4n) is 1.45. The van der Waals surface area contributed by atoms with E-state index in [1.807, 2.05) is 0 Å². The van der Waals surface area contributed by atoms with Crippen LogP contribution < -0.4 is 5.32 Å². The lowest BCUT2D eigenvalue weighted by Crippen LogP contribution is -2.27. The van der Waals surface area contributed by atoms with Crippen molar-refractivity contribution in [2.24, 2.45) is 5.92 Å². The molecule has 0 amide bonds. The topological polar surface area (TPSA) is 21.3 Å². The summed E-state index contributed by atoms with van der Waals surface area (Å²) in [7, 11) is 1.77. The summed E-state index contributed by atoms with van der Waals surface area (Å²) in [6, 6.07) is 0.617. The molecule has 86 valence electrons. The molecule has 0 aliphatic carbocycles. The van der Waals surface area contributed by atoms with Gasteiger partial charge >= 0.3 is 0 Å². The van der Waals surface area contributed by atoms with Crippen LogP contribution in [0.3, 0.4) is 0 Å². The van der Waals surface area contributed by atoms with Gasteiger partial charge in [-0.3, -0.25) is 0 Å². The lowest BCUT2D eigenvalue weighted by molar-refractivity contribution is 0.191. The molecule has 0 saturated carbocycles. The van der Waals surface area contributed by atoms with Crippen molar-refractivity contribution in [3.05, 3.63) is 0 Å². The summed E-state index contributed by atoms with van der Waals surface area (Å²) in [5.41, 5.74) is 0. The first-order valence-corrected chi connectivity index (χ1v) is 5.89. The fraction of sp³-hybridized carbons (Fsp3) is 1.00. The molecule has 1 atom stereocenters. The third-order valence-electron chi connectivity index (χ3n) is 2.42. The zero-order valence-electron chi connectivity index (χ0n) is 10.3. The Morgan fingerprint density at radius 3 is 2.36 bits per heavy atom. The van der Waals surface area contributed by atoms with Gasteiger partial charge < -0.3 is 10.1 Å². The Morgan fingerprint density at radius 1 is 1.07 bits per heavy atom. The van der Waals surface area contributed by atoms with E-state index < -0.39 is 0 Å². The maximum absolute atomic E-state index is 5.02. The zero-order chi connectivity index (χ0) is 10.8. The summed E-state index contributed by atoms with van der Waals surface area (Å²) in [4.78, 5) is 0. The molecular formula is C12H27NO. The second-order valence-electron chi connectivity index (χ2n) is 4.51. The average molecular weight is 201 g/mol. The van der Waals surface area contributed by atoms with Crippen LogP contribution >= 0.6 is 0 Å². The van der Waals surface area contributed by atoms with Crippen LogP contribution in [0.4, 0.5) is 0 Å². The van der Waals surface area contributed by atoms with Gasteiger partial charge in [0.1, 0.15) is 0 Å². The third-order valence-corrected chi connectivity index (χ3v) is 2.42. The van der Waals surface area contributed by atoms with Crippen molar-refractivity contribution in [1.29, 1.82) is 0 Å². The molecule has 1 unspecified atom stereocenters. The number of hydrogen-bond acceptors (Lipinski definition) is 2. The van der Waals surface area contributed by atoms with E-state index in [9.17, 15) is 0 Å². The smallest absolute Gasteiger partial charge is 0.0462 e. The largest absolute Gasteiger partial charge is 0.385 e. The first-order valence-electron chi connectivity index (χ1n) is 5.89. The van der Waals surface area contributed by atoms with E-state index in [4.69, 9.17) is 4.74 Å². The van der Waals surface area contributed by atoms with Crippen molar-refractivity contribution in [2.45, 2.75) is 52.5 Å². The van der Waals surface area contributed by atoms with Gasteiger partial charge in [-0.1, -0.05) is 33.6 Å². The van der Waals surface area contributed by atoms with Crippen LogP contribution in [0.15, 0.2) is 0 Å². The van der Waals surface area contributed by atoms with E-state index in [2.05, 4.69) is 26.1 Å². The normalized spacial score (nSPS) is 13.5. The first kappa shape index (κ1) is 13.9. The Bertz CT molecular complexity index is 115. The van der Waals surface area contributed by atoms with Crippen LogP contribution in [0.5, 0.6) is 0 Å². The Balaban J connectivity index is 3.14. The summed E-state index contributed by atoms with van der Waals surface area (Å²) < 4.78 is 5.02. The maximum Gasteiger partial charge on any atom is 0.0462 e. The van der Waals surface area contributed by atoms with Crippen molar-refractivity contribution < 1.29 is 4.74 Å². The van der Waals surface area contributed by atoms with Gasteiger partial charge in [-0.2, -0.15) is 0 Å². The highest BCUT2D eigenvalue weighted by molar-refractivity contribution is 4.60. The van der Waals surface area contributed by atoms with Crippen molar-refractivity contribution in [3.63, 3.8) is 0 Å². The number of hydrogen-bond donors (Lipinski definition) is 1. The Kier molecular flexibility index (Phi) is 9.42. The second kappa shape index (κ2) is 9.47. The zero-order valence-corrected chi connectivity index (χ0v) is 10.3. The molecule has 2 nitrogen and oxygen atoms in total. The highest BCUT2D eigenvalue weighted by Gasteiger charge is 2.02. The summed E-state index contributed by atoms with van der Waals surface area (Å²) in [5.74, 6) is 0.806. The molecular weight excluding hydrogens is 174 g/mol. The van der Waals surface area contributed by atoms with Crippen molar-refractivity contribution in [3.8, 4) is 0 Å². The molecule has 0 aromatic heterocycles. The van der Waals surface area contributed by atoms with Crippen LogP contribution in [0, 0.1) is 5.92 Å². The predicted octanol–water partition coefficient (Wildman–Crippen LogP) is 2.83. The van der Waals surface area contributed by atoms with E-state index in [0.29, 0.717) is 6.04 Å². The molecule has 0 radical (unpaired) electrons. The number of rotatable bonds is 9. The van der Waals surface area contributed by atoms with E-state index >= 15 is 0 Å². The number of methoxy groups -OCH3 is 1. The van der Waals surface area contributed by atoms with Gasteiger partial charge in [0, 0.05) is 19.8 Å².